The summed E-state index contributed by atoms with van der Waals surface area (Å²) in [5.74, 6) is -1.58. The van der Waals surface area contributed by atoms with E-state index in [2.05, 4.69) is 5.32 Å². The number of carbonyl (C=O) groups excluding carboxylic acids is 2. The Balaban J connectivity index is 2.41. The summed E-state index contributed by atoms with van der Waals surface area (Å²) in [5.41, 5.74) is 0. The second-order valence-corrected chi connectivity index (χ2v) is 3.89. The van der Waals surface area contributed by atoms with Crippen molar-refractivity contribution in [2.24, 2.45) is 0 Å². The van der Waals surface area contributed by atoms with Gasteiger partial charge in [0.25, 0.3) is 0 Å². The molecule has 0 aliphatic rings. The molecule has 0 atom stereocenters. The predicted molar refractivity (Wildman–Crippen MR) is 67.2 cm³/mol. The van der Waals surface area contributed by atoms with Crippen molar-refractivity contribution in [1.29, 1.82) is 0 Å². The Kier molecular flexibility index (Phi) is 5.57. The van der Waals surface area contributed by atoms with Gasteiger partial charge in [0.05, 0.1) is 13.2 Å². The Morgan fingerprint density at radius 2 is 2.10 bits per heavy atom. The van der Waals surface area contributed by atoms with Crippen LogP contribution in [0.4, 0.5) is 4.79 Å². The second kappa shape index (κ2) is 7.17. The van der Waals surface area contributed by atoms with Crippen molar-refractivity contribution in [3.8, 4) is 0 Å². The topological polar surface area (TPSA) is 109 Å². The lowest BCUT2D eigenvalue weighted by atomic mass is 10.4. The van der Waals surface area contributed by atoms with Crippen LogP contribution in [-0.4, -0.2) is 48.2 Å². The maximum Gasteiger partial charge on any atom is 0.371 e. The molecule has 0 spiro atoms. The van der Waals surface area contributed by atoms with Gasteiger partial charge in [-0.15, -0.1) is 0 Å². The van der Waals surface area contributed by atoms with Gasteiger partial charge in [-0.25, -0.2) is 9.59 Å². The zero-order valence-corrected chi connectivity index (χ0v) is 11.2. The first kappa shape index (κ1) is 15.5. The van der Waals surface area contributed by atoms with E-state index in [9.17, 15) is 14.4 Å². The highest BCUT2D eigenvalue weighted by molar-refractivity contribution is 5.84. The van der Waals surface area contributed by atoms with E-state index < -0.39 is 18.0 Å². The molecule has 0 aliphatic heterocycles. The van der Waals surface area contributed by atoms with Gasteiger partial charge in [0, 0.05) is 7.05 Å². The molecule has 8 nitrogen and oxygen atoms in total. The fourth-order valence-electron chi connectivity index (χ4n) is 1.36. The fraction of sp³-hybridized carbons (Fsp3) is 0.417. The molecular formula is C12H16N2O6. The van der Waals surface area contributed by atoms with Crippen LogP contribution in [0, 0.1) is 0 Å². The van der Waals surface area contributed by atoms with E-state index in [1.807, 2.05) is 0 Å². The smallest absolute Gasteiger partial charge is 0.371 e. The summed E-state index contributed by atoms with van der Waals surface area (Å²) in [4.78, 5) is 34.6. The maximum atomic E-state index is 11.6. The molecule has 0 saturated heterocycles. The summed E-state index contributed by atoms with van der Waals surface area (Å²) in [6, 6.07) is 2.26. The number of carboxylic acid groups (broad SMARTS) is 1. The van der Waals surface area contributed by atoms with Crippen LogP contribution < -0.4 is 5.32 Å². The third-order valence-electron chi connectivity index (χ3n) is 2.30. The Labute approximate surface area is 115 Å². The average Bonchev–Trinajstić information content (AvgIpc) is 2.85. The number of likely N-dealkylation sites (N-methyl/N-ethyl adjacent to an activating group) is 1. The molecule has 1 rings (SSSR count). The lowest BCUT2D eigenvalue weighted by Gasteiger charge is -2.16. The van der Waals surface area contributed by atoms with Gasteiger partial charge >= 0.3 is 18.0 Å². The Hall–Kier alpha value is -2.51. The van der Waals surface area contributed by atoms with Crippen molar-refractivity contribution in [2.75, 3.05) is 20.2 Å². The number of esters is 1. The van der Waals surface area contributed by atoms with Gasteiger partial charge in [0.2, 0.25) is 5.76 Å². The minimum atomic E-state index is -1.18. The van der Waals surface area contributed by atoms with E-state index in [1.165, 1.54) is 19.2 Å². The number of amides is 2. The Bertz CT molecular complexity index is 496. The lowest BCUT2D eigenvalue weighted by Crippen LogP contribution is -2.40. The third kappa shape index (κ3) is 4.63. The van der Waals surface area contributed by atoms with Crippen LogP contribution >= 0.6 is 0 Å². The van der Waals surface area contributed by atoms with Gasteiger partial charge in [0.1, 0.15) is 12.3 Å². The fourth-order valence-corrected chi connectivity index (χ4v) is 1.36. The molecule has 0 saturated carbocycles. The Morgan fingerprint density at radius 3 is 2.65 bits per heavy atom. The van der Waals surface area contributed by atoms with Crippen molar-refractivity contribution < 1.29 is 28.6 Å². The van der Waals surface area contributed by atoms with E-state index in [0.29, 0.717) is 5.76 Å². The van der Waals surface area contributed by atoms with Crippen LogP contribution in [0.5, 0.6) is 0 Å². The predicted octanol–water partition coefficient (Wildman–Crippen LogP) is 0.682. The van der Waals surface area contributed by atoms with Crippen LogP contribution in [0.25, 0.3) is 0 Å². The SMILES string of the molecule is CCOC(=O)CN(C)C(=O)NCc1ccc(C(=O)O)o1. The van der Waals surface area contributed by atoms with E-state index >= 15 is 0 Å². The monoisotopic (exact) mass is 284 g/mol. The zero-order chi connectivity index (χ0) is 15.1. The molecule has 0 radical (unpaired) electrons. The van der Waals surface area contributed by atoms with E-state index in [-0.39, 0.29) is 25.5 Å². The third-order valence-corrected chi connectivity index (χ3v) is 2.30. The molecular weight excluding hydrogens is 268 g/mol. The summed E-state index contributed by atoms with van der Waals surface area (Å²) in [7, 11) is 1.44. The second-order valence-electron chi connectivity index (χ2n) is 3.89. The first-order valence-corrected chi connectivity index (χ1v) is 5.90. The summed E-state index contributed by atoms with van der Waals surface area (Å²) in [6.45, 7) is 1.78. The molecule has 1 aromatic rings. The summed E-state index contributed by atoms with van der Waals surface area (Å²) >= 11 is 0. The van der Waals surface area contributed by atoms with E-state index in [1.54, 1.807) is 6.92 Å². The van der Waals surface area contributed by atoms with Gasteiger partial charge in [-0.05, 0) is 19.1 Å². The zero-order valence-electron chi connectivity index (χ0n) is 11.2. The minimum Gasteiger partial charge on any atom is -0.475 e. The number of nitrogens with zero attached hydrogens (tertiary/aromatic N) is 1. The molecule has 8 heteroatoms. The minimum absolute atomic E-state index is 0.0271. The molecule has 0 aliphatic carbocycles. The number of furan rings is 1. The van der Waals surface area contributed by atoms with Crippen LogP contribution in [-0.2, 0) is 16.1 Å². The largest absolute Gasteiger partial charge is 0.475 e. The standard InChI is InChI=1S/C12H16N2O6/c1-3-19-10(15)7-14(2)12(18)13-6-8-4-5-9(20-8)11(16)17/h4-5H,3,6-7H2,1-2H3,(H,13,18)(H,16,17). The van der Waals surface area contributed by atoms with E-state index in [4.69, 9.17) is 14.3 Å². The molecule has 110 valence electrons. The van der Waals surface area contributed by atoms with Gasteiger partial charge < -0.3 is 24.5 Å². The first-order valence-electron chi connectivity index (χ1n) is 5.90. The van der Waals surface area contributed by atoms with Gasteiger partial charge in [-0.1, -0.05) is 0 Å². The van der Waals surface area contributed by atoms with E-state index in [0.717, 1.165) is 4.90 Å². The molecule has 1 heterocycles. The van der Waals surface area contributed by atoms with Crippen molar-refractivity contribution in [3.63, 3.8) is 0 Å². The molecule has 0 aromatic carbocycles. The van der Waals surface area contributed by atoms with Crippen LogP contribution in [0.2, 0.25) is 0 Å². The average molecular weight is 284 g/mol. The molecule has 2 N–H and O–H groups in total. The molecule has 0 unspecified atom stereocenters. The molecule has 1 aromatic heterocycles. The van der Waals surface area contributed by atoms with Gasteiger partial charge in [-0.3, -0.25) is 4.79 Å². The molecule has 20 heavy (non-hydrogen) atoms. The number of ether oxygens (including phenoxy) is 1. The van der Waals surface area contributed by atoms with Gasteiger partial charge in [-0.2, -0.15) is 0 Å². The number of nitrogens with one attached hydrogen (secondary N) is 1. The highest BCUT2D eigenvalue weighted by Gasteiger charge is 2.14. The Morgan fingerprint density at radius 1 is 1.40 bits per heavy atom. The molecule has 2 amide bonds. The first-order chi connectivity index (χ1) is 9.43. The highest BCUT2D eigenvalue weighted by Crippen LogP contribution is 2.07. The normalized spacial score (nSPS) is 9.90. The lowest BCUT2D eigenvalue weighted by molar-refractivity contribution is -0.143. The number of aromatic carboxylic acids is 1. The van der Waals surface area contributed by atoms with Crippen molar-refractivity contribution in [2.45, 2.75) is 13.5 Å². The highest BCUT2D eigenvalue weighted by atomic mass is 16.5. The summed E-state index contributed by atoms with van der Waals surface area (Å²) in [5, 5.41) is 11.2. The molecule has 0 fully saturated rings. The van der Waals surface area contributed by atoms with Crippen LogP contribution in [0.3, 0.4) is 0 Å². The van der Waals surface area contributed by atoms with Gasteiger partial charge in [0.15, 0.2) is 0 Å². The number of urea groups is 1. The van der Waals surface area contributed by atoms with Crippen LogP contribution in [0.15, 0.2) is 16.5 Å². The van der Waals surface area contributed by atoms with Crippen molar-refractivity contribution in [1.82, 2.24) is 10.2 Å². The number of hydrogen-bond donors (Lipinski definition) is 2. The van der Waals surface area contributed by atoms with Crippen molar-refractivity contribution in [3.05, 3.63) is 23.7 Å². The summed E-state index contributed by atoms with van der Waals surface area (Å²) < 4.78 is 9.68. The summed E-state index contributed by atoms with van der Waals surface area (Å²) in [6.07, 6.45) is 0. The number of hydrogen-bond acceptors (Lipinski definition) is 5. The molecule has 0 bridgehead atoms. The number of rotatable bonds is 6. The number of carboxylic acids is 1. The quantitative estimate of drug-likeness (QED) is 0.743. The number of carbonyl (C=O) groups is 3. The maximum absolute atomic E-state index is 11.6. The van der Waals surface area contributed by atoms with Crippen molar-refractivity contribution >= 4 is 18.0 Å². The van der Waals surface area contributed by atoms with Crippen LogP contribution in [0.1, 0.15) is 23.2 Å².